The summed E-state index contributed by atoms with van der Waals surface area (Å²) < 4.78 is 0. The van der Waals surface area contributed by atoms with Crippen LogP contribution < -0.4 is 5.73 Å². The van der Waals surface area contributed by atoms with Crippen LogP contribution in [0.3, 0.4) is 0 Å². The molecule has 0 aliphatic carbocycles. The second-order valence-corrected chi connectivity index (χ2v) is 4.77. The maximum absolute atomic E-state index is 9.37. The largest absolute Gasteiger partial charge is 0.375 e. The van der Waals surface area contributed by atoms with Crippen molar-refractivity contribution in [3.05, 3.63) is 34.9 Å². The SMILES string of the molecule is Cc1ccc(C(C)(C)C)cc1C(N)O. The van der Waals surface area contributed by atoms with Crippen LogP contribution in [0.5, 0.6) is 0 Å². The predicted octanol–water partition coefficient (Wildman–Crippen LogP) is 2.24. The van der Waals surface area contributed by atoms with Gasteiger partial charge in [0, 0.05) is 0 Å². The highest BCUT2D eigenvalue weighted by molar-refractivity contribution is 5.35. The van der Waals surface area contributed by atoms with Crippen molar-refractivity contribution in [3.63, 3.8) is 0 Å². The Labute approximate surface area is 85.8 Å². The number of nitrogens with two attached hydrogens (primary N) is 1. The fraction of sp³-hybridized carbons (Fsp3) is 0.500. The summed E-state index contributed by atoms with van der Waals surface area (Å²) in [4.78, 5) is 0. The molecule has 1 aromatic carbocycles. The van der Waals surface area contributed by atoms with E-state index in [9.17, 15) is 5.11 Å². The molecule has 0 saturated carbocycles. The molecular weight excluding hydrogens is 174 g/mol. The number of rotatable bonds is 1. The van der Waals surface area contributed by atoms with E-state index in [4.69, 9.17) is 5.73 Å². The number of aliphatic hydroxyl groups is 1. The van der Waals surface area contributed by atoms with E-state index < -0.39 is 6.23 Å². The third kappa shape index (κ3) is 2.34. The number of benzene rings is 1. The minimum Gasteiger partial charge on any atom is -0.375 e. The van der Waals surface area contributed by atoms with Gasteiger partial charge in [-0.05, 0) is 29.0 Å². The summed E-state index contributed by atoms with van der Waals surface area (Å²) >= 11 is 0. The third-order valence-corrected chi connectivity index (χ3v) is 2.46. The number of hydrogen-bond acceptors (Lipinski definition) is 2. The Kier molecular flexibility index (Phi) is 2.98. The Morgan fingerprint density at radius 2 is 1.86 bits per heavy atom. The van der Waals surface area contributed by atoms with Crippen LogP contribution in [0.25, 0.3) is 0 Å². The highest BCUT2D eigenvalue weighted by Gasteiger charge is 2.15. The van der Waals surface area contributed by atoms with Gasteiger partial charge < -0.3 is 10.8 Å². The molecule has 0 bridgehead atoms. The molecular formula is C12H19NO. The first-order valence-electron chi connectivity index (χ1n) is 4.87. The van der Waals surface area contributed by atoms with Gasteiger partial charge in [0.05, 0.1) is 0 Å². The van der Waals surface area contributed by atoms with Crippen LogP contribution in [0.1, 0.15) is 43.7 Å². The first kappa shape index (κ1) is 11.2. The normalized spacial score (nSPS) is 14.1. The lowest BCUT2D eigenvalue weighted by atomic mass is 9.85. The van der Waals surface area contributed by atoms with Gasteiger partial charge in [0.1, 0.15) is 6.23 Å². The average Bonchev–Trinajstić information content (AvgIpc) is 2.02. The van der Waals surface area contributed by atoms with E-state index >= 15 is 0 Å². The third-order valence-electron chi connectivity index (χ3n) is 2.46. The number of hydrogen-bond donors (Lipinski definition) is 2. The zero-order valence-corrected chi connectivity index (χ0v) is 9.33. The molecule has 78 valence electrons. The van der Waals surface area contributed by atoms with Gasteiger partial charge >= 0.3 is 0 Å². The fourth-order valence-electron chi connectivity index (χ4n) is 1.43. The van der Waals surface area contributed by atoms with Gasteiger partial charge in [-0.1, -0.05) is 39.0 Å². The molecule has 14 heavy (non-hydrogen) atoms. The molecule has 1 aromatic rings. The summed E-state index contributed by atoms with van der Waals surface area (Å²) in [6.45, 7) is 8.39. The Balaban J connectivity index is 3.20. The molecule has 3 N–H and O–H groups in total. The van der Waals surface area contributed by atoms with E-state index in [0.29, 0.717) is 0 Å². The smallest absolute Gasteiger partial charge is 0.128 e. The maximum atomic E-state index is 9.37. The topological polar surface area (TPSA) is 46.2 Å². The van der Waals surface area contributed by atoms with Crippen molar-refractivity contribution in [2.45, 2.75) is 39.3 Å². The van der Waals surface area contributed by atoms with Gasteiger partial charge in [0.2, 0.25) is 0 Å². The molecule has 2 heteroatoms. The van der Waals surface area contributed by atoms with Gasteiger partial charge in [-0.2, -0.15) is 0 Å². The molecule has 0 aliphatic heterocycles. The zero-order chi connectivity index (χ0) is 10.9. The molecule has 0 heterocycles. The molecule has 0 amide bonds. The molecule has 0 spiro atoms. The quantitative estimate of drug-likeness (QED) is 0.672. The molecule has 0 aliphatic rings. The van der Waals surface area contributed by atoms with Crippen molar-refractivity contribution in [1.82, 2.24) is 0 Å². The van der Waals surface area contributed by atoms with Gasteiger partial charge in [0.15, 0.2) is 0 Å². The molecule has 1 unspecified atom stereocenters. The second-order valence-electron chi connectivity index (χ2n) is 4.77. The first-order valence-corrected chi connectivity index (χ1v) is 4.87. The Hall–Kier alpha value is -0.860. The highest BCUT2D eigenvalue weighted by Crippen LogP contribution is 2.25. The summed E-state index contributed by atoms with van der Waals surface area (Å²) in [5, 5.41) is 9.37. The lowest BCUT2D eigenvalue weighted by molar-refractivity contribution is 0.185. The van der Waals surface area contributed by atoms with Crippen molar-refractivity contribution in [3.8, 4) is 0 Å². The zero-order valence-electron chi connectivity index (χ0n) is 9.33. The highest BCUT2D eigenvalue weighted by atomic mass is 16.3. The summed E-state index contributed by atoms with van der Waals surface area (Å²) in [5.41, 5.74) is 8.63. The van der Waals surface area contributed by atoms with E-state index in [2.05, 4.69) is 26.8 Å². The summed E-state index contributed by atoms with van der Waals surface area (Å²) in [6, 6.07) is 6.08. The van der Waals surface area contributed by atoms with Crippen molar-refractivity contribution < 1.29 is 5.11 Å². The lowest BCUT2D eigenvalue weighted by Gasteiger charge is -2.21. The molecule has 1 atom stereocenters. The van der Waals surface area contributed by atoms with Crippen LogP contribution in [0, 0.1) is 6.92 Å². The second kappa shape index (κ2) is 3.71. The van der Waals surface area contributed by atoms with Gasteiger partial charge in [-0.3, -0.25) is 0 Å². The van der Waals surface area contributed by atoms with Crippen molar-refractivity contribution in [2.75, 3.05) is 0 Å². The molecule has 0 radical (unpaired) electrons. The predicted molar refractivity (Wildman–Crippen MR) is 59.0 cm³/mol. The van der Waals surface area contributed by atoms with Crippen LogP contribution in [-0.4, -0.2) is 5.11 Å². The van der Waals surface area contributed by atoms with E-state index in [0.717, 1.165) is 11.1 Å². The minimum atomic E-state index is -0.878. The molecule has 2 nitrogen and oxygen atoms in total. The number of aliphatic hydroxyl groups excluding tert-OH is 1. The lowest BCUT2D eigenvalue weighted by Crippen LogP contribution is -2.15. The van der Waals surface area contributed by atoms with Crippen LogP contribution in [-0.2, 0) is 5.41 Å². The molecule has 0 aromatic heterocycles. The van der Waals surface area contributed by atoms with E-state index in [1.54, 1.807) is 0 Å². The van der Waals surface area contributed by atoms with Crippen molar-refractivity contribution >= 4 is 0 Å². The first-order chi connectivity index (χ1) is 6.32. The monoisotopic (exact) mass is 193 g/mol. The average molecular weight is 193 g/mol. The molecule has 0 fully saturated rings. The van der Waals surface area contributed by atoms with E-state index in [-0.39, 0.29) is 5.41 Å². The summed E-state index contributed by atoms with van der Waals surface area (Å²) in [5.74, 6) is 0. The van der Waals surface area contributed by atoms with E-state index in [1.165, 1.54) is 5.56 Å². The molecule has 0 saturated heterocycles. The molecule has 1 rings (SSSR count). The Morgan fingerprint density at radius 1 is 1.29 bits per heavy atom. The minimum absolute atomic E-state index is 0.0946. The van der Waals surface area contributed by atoms with Gasteiger partial charge in [-0.15, -0.1) is 0 Å². The van der Waals surface area contributed by atoms with E-state index in [1.807, 2.05) is 19.1 Å². The fourth-order valence-corrected chi connectivity index (χ4v) is 1.43. The van der Waals surface area contributed by atoms with Crippen LogP contribution >= 0.6 is 0 Å². The standard InChI is InChI=1S/C12H19NO/c1-8-5-6-9(12(2,3)4)7-10(8)11(13)14/h5-7,11,14H,13H2,1-4H3. The maximum Gasteiger partial charge on any atom is 0.128 e. The van der Waals surface area contributed by atoms with Gasteiger partial charge in [-0.25, -0.2) is 0 Å². The van der Waals surface area contributed by atoms with Crippen LogP contribution in [0.2, 0.25) is 0 Å². The number of aryl methyl sites for hydroxylation is 1. The van der Waals surface area contributed by atoms with Crippen molar-refractivity contribution in [1.29, 1.82) is 0 Å². The van der Waals surface area contributed by atoms with Gasteiger partial charge in [0.25, 0.3) is 0 Å². The van der Waals surface area contributed by atoms with Crippen LogP contribution in [0.15, 0.2) is 18.2 Å². The van der Waals surface area contributed by atoms with Crippen LogP contribution in [0.4, 0.5) is 0 Å². The summed E-state index contributed by atoms with van der Waals surface area (Å²) in [6.07, 6.45) is -0.878. The Morgan fingerprint density at radius 3 is 2.29 bits per heavy atom. The Bertz CT molecular complexity index is 324. The summed E-state index contributed by atoms with van der Waals surface area (Å²) in [7, 11) is 0. The van der Waals surface area contributed by atoms with Crippen molar-refractivity contribution in [2.24, 2.45) is 5.73 Å².